The lowest BCUT2D eigenvalue weighted by Gasteiger charge is -2.42. The summed E-state index contributed by atoms with van der Waals surface area (Å²) in [5.74, 6) is 2.89. The van der Waals surface area contributed by atoms with Crippen LogP contribution in [0.5, 0.6) is 0 Å². The fraction of sp³-hybridized carbons (Fsp3) is 0.455. The Balaban J connectivity index is 1.14. The maximum absolute atomic E-state index is 15.1. The first-order chi connectivity index (χ1) is 29.9. The highest BCUT2D eigenvalue weighted by molar-refractivity contribution is 5.88. The second-order valence-electron chi connectivity index (χ2n) is 16.1. The van der Waals surface area contributed by atoms with E-state index in [0.717, 1.165) is 90.7 Å². The van der Waals surface area contributed by atoms with Gasteiger partial charge in [-0.3, -0.25) is 9.69 Å². The van der Waals surface area contributed by atoms with Gasteiger partial charge in [0.25, 0.3) is 0 Å². The molecule has 0 aliphatic carbocycles. The summed E-state index contributed by atoms with van der Waals surface area (Å²) in [6.45, 7) is 2.90. The number of aromatic nitrogens is 3. The van der Waals surface area contributed by atoms with Crippen LogP contribution < -0.4 is 15.5 Å². The number of alkyl halides is 5. The number of aliphatic hydroxyl groups is 1. The van der Waals surface area contributed by atoms with Crippen molar-refractivity contribution in [2.24, 2.45) is 11.3 Å². The average molecular weight is 888 g/mol. The van der Waals surface area contributed by atoms with Crippen LogP contribution in [0, 0.1) is 34.8 Å². The number of ether oxygens (including phenoxy) is 2. The van der Waals surface area contributed by atoms with Crippen LogP contribution in [0.1, 0.15) is 49.1 Å². The van der Waals surface area contributed by atoms with Crippen molar-refractivity contribution in [1.82, 2.24) is 30.3 Å². The van der Waals surface area contributed by atoms with Crippen LogP contribution in [-0.2, 0) is 27.2 Å². The van der Waals surface area contributed by atoms with E-state index in [1.807, 2.05) is 17.4 Å². The summed E-state index contributed by atoms with van der Waals surface area (Å²) < 4.78 is 109. The number of nitrogens with zero attached hydrogens (tertiary/aromatic N) is 5. The number of piperazine rings is 1. The topological polar surface area (TPSA) is 134 Å². The van der Waals surface area contributed by atoms with Gasteiger partial charge in [0.2, 0.25) is 0 Å². The van der Waals surface area contributed by atoms with Crippen molar-refractivity contribution in [2.45, 2.75) is 64.1 Å². The number of anilines is 1. The van der Waals surface area contributed by atoms with E-state index in [4.69, 9.17) is 4.74 Å². The Labute approximate surface area is 359 Å². The Kier molecular flexibility index (Phi) is 15.1. The Bertz CT molecular complexity index is 2230. The molecule has 3 atom stereocenters. The third-order valence-electron chi connectivity index (χ3n) is 11.5. The fourth-order valence-electron chi connectivity index (χ4n) is 7.34. The number of halogens is 7. The predicted octanol–water partition coefficient (Wildman–Crippen LogP) is 6.12. The van der Waals surface area contributed by atoms with Gasteiger partial charge in [-0.15, -0.1) is 0 Å². The minimum atomic E-state index is -4.94. The minimum absolute atomic E-state index is 0.0303. The van der Waals surface area contributed by atoms with Gasteiger partial charge in [-0.05, 0) is 73.7 Å². The van der Waals surface area contributed by atoms with Gasteiger partial charge in [0.05, 0.1) is 44.1 Å². The number of methoxy groups -OCH3 is 1. The van der Waals surface area contributed by atoms with Gasteiger partial charge in [0.1, 0.15) is 23.5 Å². The van der Waals surface area contributed by atoms with E-state index < -0.39 is 78.2 Å². The predicted molar refractivity (Wildman–Crippen MR) is 218 cm³/mol. The van der Waals surface area contributed by atoms with Gasteiger partial charge in [0, 0.05) is 80.3 Å². The standard InChI is InChI=1S/C44H48F7N7O5/c1-43(2,44(49,50)51)40(55-42(61)62-3)37(59)19-31(38(60)23-52-22-34-35(45)17-30(18-36(34)46)32-21-54-58(24-32)41(47)48)16-28-7-4-27(5-8-28)6-9-29-10-11-39(53-20-29)57-14-12-56(13-15-57)33-25-63-26-33/h4-5,7-8,10-11,17-18,20-21,24,31,33,38,40-41,52,60H,12-16,19,22-23,25-26H2,1-3H3,(H,55,61)/t31-,38+,40-/m1/s1. The number of benzene rings is 2. The van der Waals surface area contributed by atoms with Crippen LogP contribution in [0.2, 0.25) is 0 Å². The molecule has 2 aliphatic heterocycles. The number of rotatable bonds is 16. The Morgan fingerprint density at radius 3 is 2.16 bits per heavy atom. The molecule has 0 radical (unpaired) electrons. The lowest BCUT2D eigenvalue weighted by molar-refractivity contribution is -0.220. The lowest BCUT2D eigenvalue weighted by atomic mass is 9.77. The molecule has 3 N–H and O–H groups in total. The molecule has 338 valence electrons. The van der Waals surface area contributed by atoms with Gasteiger partial charge in [0.15, 0.2) is 5.78 Å². The number of hydrogen-bond donors (Lipinski definition) is 3. The van der Waals surface area contributed by atoms with Crippen molar-refractivity contribution in [3.63, 3.8) is 0 Å². The number of Topliss-reactive ketones (excluding diaryl/α,β-unsaturated/α-hetero) is 1. The van der Waals surface area contributed by atoms with Crippen LogP contribution in [-0.4, -0.2) is 114 Å². The van der Waals surface area contributed by atoms with Crippen LogP contribution in [0.25, 0.3) is 11.1 Å². The van der Waals surface area contributed by atoms with Crippen molar-refractivity contribution in [3.05, 3.63) is 101 Å². The van der Waals surface area contributed by atoms with Crippen molar-refractivity contribution in [3.8, 4) is 23.0 Å². The number of ketones is 1. The molecule has 0 unspecified atom stereocenters. The zero-order chi connectivity index (χ0) is 45.5. The number of nitrogens with one attached hydrogen (secondary N) is 2. The molecule has 4 heterocycles. The molecule has 12 nitrogen and oxygen atoms in total. The maximum Gasteiger partial charge on any atom is 0.407 e. The van der Waals surface area contributed by atoms with E-state index in [1.54, 1.807) is 30.5 Å². The van der Waals surface area contributed by atoms with E-state index in [1.165, 1.54) is 0 Å². The molecule has 0 bridgehead atoms. The molecule has 2 aromatic carbocycles. The molecule has 1 amide bonds. The number of amides is 1. The summed E-state index contributed by atoms with van der Waals surface area (Å²) in [4.78, 5) is 35.1. The monoisotopic (exact) mass is 887 g/mol. The molecular weight excluding hydrogens is 840 g/mol. The maximum atomic E-state index is 15.1. The number of carbonyl (C=O) groups excluding carboxylic acids is 2. The number of aliphatic hydroxyl groups excluding tert-OH is 1. The summed E-state index contributed by atoms with van der Waals surface area (Å²) in [5, 5.41) is 19.6. The molecule has 2 saturated heterocycles. The third-order valence-corrected chi connectivity index (χ3v) is 11.5. The molecule has 4 aromatic rings. The SMILES string of the molecule is COC(=O)N[C@H](C(=O)C[C@@H](Cc1ccc(C#Cc2ccc(N3CCN(C4COC4)CC3)nc2)cc1)[C@@H](O)CNCc1c(F)cc(-c2cnn(C(F)F)c2)cc1F)C(C)(C)C(F)(F)F. The molecule has 2 fully saturated rings. The van der Waals surface area contributed by atoms with E-state index >= 15 is 8.78 Å². The van der Waals surface area contributed by atoms with Crippen molar-refractivity contribution >= 4 is 17.7 Å². The molecular formula is C44H48F7N7O5. The van der Waals surface area contributed by atoms with Gasteiger partial charge >= 0.3 is 18.8 Å². The molecule has 2 aliphatic rings. The highest BCUT2D eigenvalue weighted by atomic mass is 19.4. The first-order valence-electron chi connectivity index (χ1n) is 20.2. The second kappa shape index (κ2) is 20.3. The third kappa shape index (κ3) is 11.7. The Hall–Kier alpha value is -5.55. The molecule has 63 heavy (non-hydrogen) atoms. The van der Waals surface area contributed by atoms with Gasteiger partial charge < -0.3 is 30.1 Å². The quantitative estimate of drug-likeness (QED) is 0.0894. The fourth-order valence-corrected chi connectivity index (χ4v) is 7.34. The summed E-state index contributed by atoms with van der Waals surface area (Å²) >= 11 is 0. The van der Waals surface area contributed by atoms with Gasteiger partial charge in [-0.25, -0.2) is 23.2 Å². The first kappa shape index (κ1) is 46.9. The summed E-state index contributed by atoms with van der Waals surface area (Å²) in [6.07, 6.45) is -4.66. The molecule has 19 heteroatoms. The van der Waals surface area contributed by atoms with Gasteiger partial charge in [-0.1, -0.05) is 24.0 Å². The number of hydrogen-bond acceptors (Lipinski definition) is 10. The largest absolute Gasteiger partial charge is 0.453 e. The van der Waals surface area contributed by atoms with Crippen LogP contribution in [0.15, 0.2) is 67.1 Å². The van der Waals surface area contributed by atoms with Crippen molar-refractivity contribution in [1.29, 1.82) is 0 Å². The number of alkyl carbamates (subject to hydrolysis) is 1. The van der Waals surface area contributed by atoms with E-state index in [9.17, 15) is 36.6 Å². The van der Waals surface area contributed by atoms with E-state index in [0.29, 0.717) is 27.4 Å². The molecule has 0 spiro atoms. The molecule has 6 rings (SSSR count). The van der Waals surface area contributed by atoms with Crippen LogP contribution >= 0.6 is 0 Å². The van der Waals surface area contributed by atoms with Crippen molar-refractivity contribution < 1.29 is 54.9 Å². The lowest BCUT2D eigenvalue weighted by Crippen LogP contribution is -2.56. The van der Waals surface area contributed by atoms with E-state index in [2.05, 4.69) is 41.8 Å². The number of carbonyl (C=O) groups is 2. The first-order valence-corrected chi connectivity index (χ1v) is 20.2. The second-order valence-corrected chi connectivity index (χ2v) is 16.1. The zero-order valence-electron chi connectivity index (χ0n) is 34.8. The minimum Gasteiger partial charge on any atom is -0.453 e. The zero-order valence-corrected chi connectivity index (χ0v) is 34.8. The summed E-state index contributed by atoms with van der Waals surface area (Å²) in [5.41, 5.74) is -1.28. The number of pyridine rings is 1. The highest BCUT2D eigenvalue weighted by Crippen LogP contribution is 2.41. The highest BCUT2D eigenvalue weighted by Gasteiger charge is 2.55. The van der Waals surface area contributed by atoms with Crippen molar-refractivity contribution in [2.75, 3.05) is 57.9 Å². The average Bonchev–Trinajstić information content (AvgIpc) is 3.74. The van der Waals surface area contributed by atoms with E-state index in [-0.39, 0.29) is 24.1 Å². The Morgan fingerprint density at radius 1 is 0.952 bits per heavy atom. The van der Waals surface area contributed by atoms with Crippen LogP contribution in [0.3, 0.4) is 0 Å². The molecule has 2 aromatic heterocycles. The normalized spacial score (nSPS) is 16.5. The molecule has 0 saturated carbocycles. The smallest absolute Gasteiger partial charge is 0.407 e. The Morgan fingerprint density at radius 2 is 1.60 bits per heavy atom. The van der Waals surface area contributed by atoms with Crippen LogP contribution in [0.4, 0.5) is 41.3 Å². The van der Waals surface area contributed by atoms with Gasteiger partial charge in [-0.2, -0.15) is 27.1 Å². The summed E-state index contributed by atoms with van der Waals surface area (Å²) in [6, 6.07) is 10.9. The summed E-state index contributed by atoms with van der Waals surface area (Å²) in [7, 11) is 0.937.